The lowest BCUT2D eigenvalue weighted by Gasteiger charge is -2.14. The Morgan fingerprint density at radius 3 is 2.13 bits per heavy atom. The number of ether oxygens (including phenoxy) is 2. The highest BCUT2D eigenvalue weighted by Gasteiger charge is 2.17. The third-order valence-corrected chi connectivity index (χ3v) is 4.47. The zero-order chi connectivity index (χ0) is 21.3. The fraction of sp³-hybridized carbons (Fsp3) is 0.200. The SMILES string of the molecule is CCCc1ccc(OC(C)C(=O)Oc2ccc(C(=O)Nc3ccccc3)cc2)cc1. The number of rotatable bonds is 8. The van der Waals surface area contributed by atoms with E-state index in [4.69, 9.17) is 9.47 Å². The van der Waals surface area contributed by atoms with Crippen molar-refractivity contribution in [1.82, 2.24) is 0 Å². The molecule has 5 heteroatoms. The molecular formula is C25H25NO4. The van der Waals surface area contributed by atoms with Gasteiger partial charge in [-0.3, -0.25) is 4.79 Å². The van der Waals surface area contributed by atoms with Crippen LogP contribution < -0.4 is 14.8 Å². The zero-order valence-corrected chi connectivity index (χ0v) is 17.1. The second-order valence-corrected chi connectivity index (χ2v) is 6.92. The van der Waals surface area contributed by atoms with Crippen LogP contribution in [0.1, 0.15) is 36.2 Å². The minimum Gasteiger partial charge on any atom is -0.479 e. The number of hydrogen-bond acceptors (Lipinski definition) is 4. The maximum absolute atomic E-state index is 12.3. The summed E-state index contributed by atoms with van der Waals surface area (Å²) in [4.78, 5) is 24.6. The summed E-state index contributed by atoms with van der Waals surface area (Å²) in [5.74, 6) is 0.230. The maximum atomic E-state index is 12.3. The van der Waals surface area contributed by atoms with Crippen LogP contribution in [-0.2, 0) is 11.2 Å². The van der Waals surface area contributed by atoms with Gasteiger partial charge < -0.3 is 14.8 Å². The number of esters is 1. The molecule has 3 aromatic rings. The van der Waals surface area contributed by atoms with Gasteiger partial charge in [-0.1, -0.05) is 43.7 Å². The van der Waals surface area contributed by atoms with Crippen molar-refractivity contribution in [2.24, 2.45) is 0 Å². The van der Waals surface area contributed by atoms with Crippen molar-refractivity contribution in [2.75, 3.05) is 5.32 Å². The molecule has 0 fully saturated rings. The van der Waals surface area contributed by atoms with E-state index in [2.05, 4.69) is 12.2 Å². The molecule has 0 aliphatic carbocycles. The number of nitrogens with one attached hydrogen (secondary N) is 1. The highest BCUT2D eigenvalue weighted by Crippen LogP contribution is 2.18. The predicted octanol–water partition coefficient (Wildman–Crippen LogP) is 5.26. The Bertz CT molecular complexity index is 966. The Kier molecular flexibility index (Phi) is 7.22. The quantitative estimate of drug-likeness (QED) is 0.411. The van der Waals surface area contributed by atoms with Crippen LogP contribution in [0.25, 0.3) is 0 Å². The van der Waals surface area contributed by atoms with Gasteiger partial charge in [-0.2, -0.15) is 0 Å². The molecular weight excluding hydrogens is 378 g/mol. The predicted molar refractivity (Wildman–Crippen MR) is 117 cm³/mol. The first-order valence-corrected chi connectivity index (χ1v) is 9.99. The fourth-order valence-corrected chi connectivity index (χ4v) is 2.87. The number of carbonyl (C=O) groups is 2. The molecule has 0 aromatic heterocycles. The van der Waals surface area contributed by atoms with Crippen molar-refractivity contribution in [3.8, 4) is 11.5 Å². The third-order valence-electron chi connectivity index (χ3n) is 4.47. The van der Waals surface area contributed by atoms with Crippen molar-refractivity contribution in [3.63, 3.8) is 0 Å². The minimum absolute atomic E-state index is 0.234. The molecule has 0 spiro atoms. The Hall–Kier alpha value is -3.60. The molecule has 1 atom stereocenters. The lowest BCUT2D eigenvalue weighted by Crippen LogP contribution is -2.28. The second-order valence-electron chi connectivity index (χ2n) is 6.92. The van der Waals surface area contributed by atoms with Crippen molar-refractivity contribution in [1.29, 1.82) is 0 Å². The summed E-state index contributed by atoms with van der Waals surface area (Å²) in [6.07, 6.45) is 1.33. The molecule has 0 radical (unpaired) electrons. The molecule has 154 valence electrons. The highest BCUT2D eigenvalue weighted by atomic mass is 16.6. The number of amides is 1. The second kappa shape index (κ2) is 10.3. The molecule has 0 aliphatic heterocycles. The number of aryl methyl sites for hydroxylation is 1. The van der Waals surface area contributed by atoms with Gasteiger partial charge in [0.05, 0.1) is 0 Å². The van der Waals surface area contributed by atoms with Gasteiger partial charge in [-0.05, 0) is 67.4 Å². The molecule has 0 saturated carbocycles. The Morgan fingerprint density at radius 1 is 0.867 bits per heavy atom. The molecule has 1 amide bonds. The summed E-state index contributed by atoms with van der Waals surface area (Å²) < 4.78 is 11.0. The van der Waals surface area contributed by atoms with Crippen molar-refractivity contribution >= 4 is 17.6 Å². The number of benzene rings is 3. The van der Waals surface area contributed by atoms with Gasteiger partial charge >= 0.3 is 5.97 Å². The molecule has 0 aliphatic rings. The smallest absolute Gasteiger partial charge is 0.352 e. The van der Waals surface area contributed by atoms with Crippen LogP contribution in [0.3, 0.4) is 0 Å². The number of hydrogen-bond donors (Lipinski definition) is 1. The van der Waals surface area contributed by atoms with Crippen molar-refractivity contribution in [2.45, 2.75) is 32.8 Å². The molecule has 3 aromatic carbocycles. The standard InChI is InChI=1S/C25H25NO4/c1-3-7-19-10-14-22(15-11-19)29-18(2)25(28)30-23-16-12-20(13-17-23)24(27)26-21-8-5-4-6-9-21/h4-6,8-18H,3,7H2,1-2H3,(H,26,27). The van der Waals surface area contributed by atoms with E-state index in [0.717, 1.165) is 12.8 Å². The lowest BCUT2D eigenvalue weighted by atomic mass is 10.1. The Morgan fingerprint density at radius 2 is 1.50 bits per heavy atom. The van der Waals surface area contributed by atoms with E-state index < -0.39 is 12.1 Å². The molecule has 30 heavy (non-hydrogen) atoms. The number of carbonyl (C=O) groups excluding carboxylic acids is 2. The summed E-state index contributed by atoms with van der Waals surface area (Å²) in [7, 11) is 0. The van der Waals surface area contributed by atoms with Crippen molar-refractivity contribution < 1.29 is 19.1 Å². The summed E-state index contributed by atoms with van der Waals surface area (Å²) in [5.41, 5.74) is 2.42. The minimum atomic E-state index is -0.761. The van der Waals surface area contributed by atoms with Gasteiger partial charge in [0.15, 0.2) is 6.10 Å². The van der Waals surface area contributed by atoms with Gasteiger partial charge in [-0.25, -0.2) is 4.79 Å². The summed E-state index contributed by atoms with van der Waals surface area (Å²) >= 11 is 0. The van der Waals surface area contributed by atoms with Crippen LogP contribution in [-0.4, -0.2) is 18.0 Å². The Balaban J connectivity index is 1.53. The largest absolute Gasteiger partial charge is 0.479 e. The average Bonchev–Trinajstić information content (AvgIpc) is 2.76. The van der Waals surface area contributed by atoms with Crippen molar-refractivity contribution in [3.05, 3.63) is 90.0 Å². The van der Waals surface area contributed by atoms with Gasteiger partial charge in [0.1, 0.15) is 11.5 Å². The molecule has 5 nitrogen and oxygen atoms in total. The van der Waals surface area contributed by atoms with E-state index in [1.807, 2.05) is 54.6 Å². The zero-order valence-electron chi connectivity index (χ0n) is 17.1. The molecule has 1 N–H and O–H groups in total. The monoisotopic (exact) mass is 403 g/mol. The maximum Gasteiger partial charge on any atom is 0.352 e. The lowest BCUT2D eigenvalue weighted by molar-refractivity contribution is -0.141. The number of anilines is 1. The summed E-state index contributed by atoms with van der Waals surface area (Å²) in [6, 6.07) is 23.3. The van der Waals surface area contributed by atoms with E-state index in [0.29, 0.717) is 22.7 Å². The molecule has 3 rings (SSSR count). The van der Waals surface area contributed by atoms with E-state index in [1.165, 1.54) is 5.56 Å². The van der Waals surface area contributed by atoms with Gasteiger partial charge in [-0.15, -0.1) is 0 Å². The molecule has 0 bridgehead atoms. The van der Waals surface area contributed by atoms with Gasteiger partial charge in [0.25, 0.3) is 5.91 Å². The average molecular weight is 403 g/mol. The van der Waals surface area contributed by atoms with E-state index in [-0.39, 0.29) is 5.91 Å². The summed E-state index contributed by atoms with van der Waals surface area (Å²) in [5, 5.41) is 2.81. The van der Waals surface area contributed by atoms with Crippen LogP contribution in [0.2, 0.25) is 0 Å². The first-order chi connectivity index (χ1) is 14.5. The first-order valence-electron chi connectivity index (χ1n) is 9.99. The van der Waals surface area contributed by atoms with Crippen LogP contribution in [0, 0.1) is 0 Å². The third kappa shape index (κ3) is 5.95. The van der Waals surface area contributed by atoms with Gasteiger partial charge in [0, 0.05) is 11.3 Å². The first kappa shape index (κ1) is 21.1. The topological polar surface area (TPSA) is 64.6 Å². The Labute approximate surface area is 176 Å². The van der Waals surface area contributed by atoms with Crippen LogP contribution in [0.4, 0.5) is 5.69 Å². The normalized spacial score (nSPS) is 11.4. The fourth-order valence-electron chi connectivity index (χ4n) is 2.87. The number of para-hydroxylation sites is 1. The highest BCUT2D eigenvalue weighted by molar-refractivity contribution is 6.04. The molecule has 1 unspecified atom stereocenters. The van der Waals surface area contributed by atoms with Crippen LogP contribution in [0.15, 0.2) is 78.9 Å². The summed E-state index contributed by atoms with van der Waals surface area (Å²) in [6.45, 7) is 3.77. The molecule has 0 heterocycles. The van der Waals surface area contributed by atoms with E-state index in [1.54, 1.807) is 31.2 Å². The van der Waals surface area contributed by atoms with Gasteiger partial charge in [0.2, 0.25) is 0 Å². The van der Waals surface area contributed by atoms with E-state index in [9.17, 15) is 9.59 Å². The van der Waals surface area contributed by atoms with Crippen LogP contribution >= 0.6 is 0 Å². The van der Waals surface area contributed by atoms with Crippen LogP contribution in [0.5, 0.6) is 11.5 Å². The van der Waals surface area contributed by atoms with E-state index >= 15 is 0 Å². The molecule has 0 saturated heterocycles.